The molecular weight excluding hydrogens is 458 g/mol. The van der Waals surface area contributed by atoms with Crippen LogP contribution in [-0.4, -0.2) is 34.2 Å². The second-order valence-corrected chi connectivity index (χ2v) is 16.9. The number of nitrogens with zero attached hydrogens (tertiary/aromatic N) is 1. The van der Waals surface area contributed by atoms with Crippen molar-refractivity contribution in [1.82, 2.24) is 4.31 Å². The van der Waals surface area contributed by atoms with Crippen LogP contribution in [0.1, 0.15) is 37.9 Å². The van der Waals surface area contributed by atoms with E-state index in [1.54, 1.807) is 28.6 Å². The number of hydrogen-bond donors (Lipinski definition) is 0. The molecule has 0 radical (unpaired) electrons. The first-order valence-corrected chi connectivity index (χ1v) is 16.2. The predicted molar refractivity (Wildman–Crippen MR) is 143 cm³/mol. The molecule has 0 amide bonds. The monoisotopic (exact) mass is 495 g/mol. The van der Waals surface area contributed by atoms with E-state index >= 15 is 0 Å². The Morgan fingerprint density at radius 3 is 1.85 bits per heavy atom. The molecule has 0 saturated carbocycles. The average Bonchev–Trinajstić information content (AvgIpc) is 2.82. The van der Waals surface area contributed by atoms with Crippen LogP contribution in [0.15, 0.2) is 95.9 Å². The standard InChI is InChI=1S/C28H37NO3SSi/c1-28(2,3)34(4,5)32-23-27(25-17-11-7-12-18-25)29(22-21-24-15-9-6-10-16-24)33(30,31)26-19-13-8-14-20-26/h6-20,27H,21-23H2,1-5H3/t27-/m0/s1. The van der Waals surface area contributed by atoms with Crippen LogP contribution in [0.2, 0.25) is 18.1 Å². The first-order valence-electron chi connectivity index (χ1n) is 11.8. The molecule has 0 unspecified atom stereocenters. The van der Waals surface area contributed by atoms with Gasteiger partial charge in [-0.05, 0) is 47.8 Å². The smallest absolute Gasteiger partial charge is 0.243 e. The lowest BCUT2D eigenvalue weighted by molar-refractivity contribution is 0.191. The fourth-order valence-corrected chi connectivity index (χ4v) is 6.21. The summed E-state index contributed by atoms with van der Waals surface area (Å²) in [7, 11) is -5.85. The average molecular weight is 496 g/mol. The molecule has 0 bridgehead atoms. The molecule has 0 aliphatic rings. The van der Waals surface area contributed by atoms with Crippen molar-refractivity contribution in [2.24, 2.45) is 0 Å². The highest BCUT2D eigenvalue weighted by Gasteiger charge is 2.40. The van der Waals surface area contributed by atoms with E-state index in [-0.39, 0.29) is 5.04 Å². The highest BCUT2D eigenvalue weighted by Crippen LogP contribution is 2.38. The number of hydrogen-bond acceptors (Lipinski definition) is 3. The molecular formula is C28H37NO3SSi. The van der Waals surface area contributed by atoms with E-state index in [2.05, 4.69) is 33.9 Å². The van der Waals surface area contributed by atoms with Crippen molar-refractivity contribution in [2.75, 3.05) is 13.2 Å². The lowest BCUT2D eigenvalue weighted by atomic mass is 10.1. The van der Waals surface area contributed by atoms with E-state index < -0.39 is 24.4 Å². The van der Waals surface area contributed by atoms with Crippen LogP contribution in [0, 0.1) is 0 Å². The molecule has 3 aromatic rings. The summed E-state index contributed by atoms with van der Waals surface area (Å²) in [5, 5.41) is 0.0292. The summed E-state index contributed by atoms with van der Waals surface area (Å²) in [4.78, 5) is 0.302. The van der Waals surface area contributed by atoms with Crippen LogP contribution in [0.3, 0.4) is 0 Å². The fourth-order valence-electron chi connectivity index (χ4n) is 3.58. The SMILES string of the molecule is CC(C)(C)[Si](C)(C)OC[C@@H](c1ccccc1)N(CCc1ccccc1)S(=O)(=O)c1ccccc1. The Labute approximate surface area is 206 Å². The predicted octanol–water partition coefficient (Wildman–Crippen LogP) is 6.68. The number of rotatable bonds is 10. The zero-order valence-electron chi connectivity index (χ0n) is 20.9. The largest absolute Gasteiger partial charge is 0.415 e. The second-order valence-electron chi connectivity index (χ2n) is 10.2. The van der Waals surface area contributed by atoms with Crippen LogP contribution < -0.4 is 0 Å². The van der Waals surface area contributed by atoms with Gasteiger partial charge in [-0.25, -0.2) is 8.42 Å². The summed E-state index contributed by atoms with van der Waals surface area (Å²) < 4.78 is 36.2. The van der Waals surface area contributed by atoms with Gasteiger partial charge in [-0.15, -0.1) is 0 Å². The molecule has 0 fully saturated rings. The second kappa shape index (κ2) is 11.0. The van der Waals surface area contributed by atoms with E-state index in [9.17, 15) is 8.42 Å². The third kappa shape index (κ3) is 6.45. The zero-order chi connectivity index (χ0) is 24.8. The summed E-state index contributed by atoms with van der Waals surface area (Å²) in [6.07, 6.45) is 0.621. The highest BCUT2D eigenvalue weighted by atomic mass is 32.2. The molecule has 0 spiro atoms. The van der Waals surface area contributed by atoms with Gasteiger partial charge in [0.05, 0.1) is 17.5 Å². The van der Waals surface area contributed by atoms with Gasteiger partial charge in [0.15, 0.2) is 8.32 Å². The van der Waals surface area contributed by atoms with Crippen molar-refractivity contribution in [1.29, 1.82) is 0 Å². The van der Waals surface area contributed by atoms with Crippen LogP contribution >= 0.6 is 0 Å². The quantitative estimate of drug-likeness (QED) is 0.295. The molecule has 0 saturated heterocycles. The van der Waals surface area contributed by atoms with Gasteiger partial charge in [-0.2, -0.15) is 4.31 Å². The van der Waals surface area contributed by atoms with Crippen molar-refractivity contribution >= 4 is 18.3 Å². The summed E-state index contributed by atoms with van der Waals surface area (Å²) in [6, 6.07) is 28.2. The molecule has 34 heavy (non-hydrogen) atoms. The van der Waals surface area contributed by atoms with E-state index in [0.29, 0.717) is 24.5 Å². The highest BCUT2D eigenvalue weighted by molar-refractivity contribution is 7.89. The first kappa shape index (κ1) is 26.4. The van der Waals surface area contributed by atoms with Gasteiger partial charge in [0.2, 0.25) is 10.0 Å². The zero-order valence-corrected chi connectivity index (χ0v) is 22.8. The van der Waals surface area contributed by atoms with Crippen LogP contribution in [0.5, 0.6) is 0 Å². The van der Waals surface area contributed by atoms with Crippen LogP contribution in [0.25, 0.3) is 0 Å². The van der Waals surface area contributed by atoms with Crippen molar-refractivity contribution in [3.8, 4) is 0 Å². The number of sulfonamides is 1. The van der Waals surface area contributed by atoms with Crippen molar-refractivity contribution in [3.63, 3.8) is 0 Å². The Morgan fingerprint density at radius 2 is 1.32 bits per heavy atom. The van der Waals surface area contributed by atoms with Gasteiger partial charge in [0.25, 0.3) is 0 Å². The fraction of sp³-hybridized carbons (Fsp3) is 0.357. The van der Waals surface area contributed by atoms with Crippen molar-refractivity contribution < 1.29 is 12.8 Å². The molecule has 6 heteroatoms. The first-order chi connectivity index (χ1) is 16.0. The van der Waals surface area contributed by atoms with Gasteiger partial charge >= 0.3 is 0 Å². The summed E-state index contributed by atoms with van der Waals surface area (Å²) in [6.45, 7) is 11.7. The van der Waals surface area contributed by atoms with Crippen LogP contribution in [-0.2, 0) is 20.9 Å². The molecule has 1 atom stereocenters. The van der Waals surface area contributed by atoms with Crippen LogP contribution in [0.4, 0.5) is 0 Å². The molecule has 0 aromatic heterocycles. The molecule has 0 aliphatic carbocycles. The Balaban J connectivity index is 2.03. The number of benzene rings is 3. The summed E-state index contributed by atoms with van der Waals surface area (Å²) in [5.74, 6) is 0. The lowest BCUT2D eigenvalue weighted by Gasteiger charge is -2.39. The van der Waals surface area contributed by atoms with E-state index in [1.165, 1.54) is 0 Å². The molecule has 182 valence electrons. The molecule has 3 rings (SSSR count). The Hall–Kier alpha value is -2.25. The van der Waals surface area contributed by atoms with Gasteiger partial charge < -0.3 is 4.43 Å². The molecule has 3 aromatic carbocycles. The third-order valence-electron chi connectivity index (χ3n) is 6.75. The van der Waals surface area contributed by atoms with Crippen molar-refractivity contribution in [3.05, 3.63) is 102 Å². The Kier molecular flexibility index (Phi) is 8.52. The maximum atomic E-state index is 14.0. The lowest BCUT2D eigenvalue weighted by Crippen LogP contribution is -2.45. The molecule has 4 nitrogen and oxygen atoms in total. The Bertz CT molecular complexity index is 1130. The minimum Gasteiger partial charge on any atom is -0.415 e. The summed E-state index contributed by atoms with van der Waals surface area (Å²) >= 11 is 0. The minimum absolute atomic E-state index is 0.0292. The normalized spacial score (nSPS) is 13.7. The maximum absolute atomic E-state index is 14.0. The third-order valence-corrected chi connectivity index (χ3v) is 13.2. The van der Waals surface area contributed by atoms with Gasteiger partial charge in [0.1, 0.15) is 0 Å². The van der Waals surface area contributed by atoms with Gasteiger partial charge in [0, 0.05) is 6.54 Å². The maximum Gasteiger partial charge on any atom is 0.243 e. The summed E-state index contributed by atoms with van der Waals surface area (Å²) in [5.41, 5.74) is 2.04. The van der Waals surface area contributed by atoms with E-state index in [0.717, 1.165) is 11.1 Å². The van der Waals surface area contributed by atoms with Crippen molar-refractivity contribution in [2.45, 2.75) is 56.3 Å². The minimum atomic E-state index is -3.75. The van der Waals surface area contributed by atoms with Gasteiger partial charge in [-0.1, -0.05) is 99.6 Å². The Morgan fingerprint density at radius 1 is 0.824 bits per heavy atom. The van der Waals surface area contributed by atoms with E-state index in [1.807, 2.05) is 66.7 Å². The topological polar surface area (TPSA) is 46.6 Å². The van der Waals surface area contributed by atoms with Gasteiger partial charge in [-0.3, -0.25) is 0 Å². The molecule has 0 N–H and O–H groups in total. The molecule has 0 heterocycles. The molecule has 0 aliphatic heterocycles. The van der Waals surface area contributed by atoms with E-state index in [4.69, 9.17) is 4.43 Å².